The molecule has 0 atom stereocenters. The zero-order valence-corrected chi connectivity index (χ0v) is 14.3. The second-order valence-corrected chi connectivity index (χ2v) is 6.14. The molecular formula is C20H17ClN4. The molecule has 0 spiro atoms. The van der Waals surface area contributed by atoms with Crippen LogP contribution in [0.15, 0.2) is 90.0 Å². The molecule has 124 valence electrons. The van der Waals surface area contributed by atoms with Gasteiger partial charge in [0, 0.05) is 10.6 Å². The Morgan fingerprint density at radius 3 is 2.00 bits per heavy atom. The third-order valence-corrected chi connectivity index (χ3v) is 4.23. The van der Waals surface area contributed by atoms with E-state index in [1.54, 1.807) is 0 Å². The smallest absolute Gasteiger partial charge is 0.172 e. The van der Waals surface area contributed by atoms with Gasteiger partial charge in [-0.25, -0.2) is 5.01 Å². The van der Waals surface area contributed by atoms with Gasteiger partial charge in [-0.05, 0) is 48.5 Å². The number of anilines is 2. The summed E-state index contributed by atoms with van der Waals surface area (Å²) in [5, 5.41) is 9.54. The Kier molecular flexibility index (Phi) is 4.27. The number of amidine groups is 1. The van der Waals surface area contributed by atoms with Crippen LogP contribution in [0, 0.1) is 0 Å². The second-order valence-electron chi connectivity index (χ2n) is 5.71. The van der Waals surface area contributed by atoms with Crippen LogP contribution in [0.1, 0.15) is 5.56 Å². The highest BCUT2D eigenvalue weighted by atomic mass is 35.5. The highest BCUT2D eigenvalue weighted by Crippen LogP contribution is 2.22. The molecule has 25 heavy (non-hydrogen) atoms. The van der Waals surface area contributed by atoms with Crippen molar-refractivity contribution < 1.29 is 0 Å². The van der Waals surface area contributed by atoms with E-state index >= 15 is 0 Å². The molecule has 5 heteroatoms. The average Bonchev–Trinajstić information content (AvgIpc) is 2.69. The van der Waals surface area contributed by atoms with Gasteiger partial charge < -0.3 is 0 Å². The van der Waals surface area contributed by atoms with Crippen molar-refractivity contribution in [1.29, 1.82) is 0 Å². The van der Waals surface area contributed by atoms with Gasteiger partial charge in [0.15, 0.2) is 5.84 Å². The van der Waals surface area contributed by atoms with Crippen LogP contribution >= 0.6 is 11.6 Å². The van der Waals surface area contributed by atoms with Crippen molar-refractivity contribution in [3.05, 3.63) is 95.5 Å². The third kappa shape index (κ3) is 3.44. The van der Waals surface area contributed by atoms with Gasteiger partial charge in [0.25, 0.3) is 0 Å². The number of nitrogens with zero attached hydrogens (tertiary/aromatic N) is 3. The van der Waals surface area contributed by atoms with Gasteiger partial charge in [0.05, 0.1) is 11.4 Å². The Bertz CT molecular complexity index is 863. The van der Waals surface area contributed by atoms with E-state index in [4.69, 9.17) is 16.7 Å². The molecule has 1 aliphatic rings. The highest BCUT2D eigenvalue weighted by Gasteiger charge is 2.21. The van der Waals surface area contributed by atoms with Crippen LogP contribution in [0.4, 0.5) is 11.4 Å². The van der Waals surface area contributed by atoms with Crippen LogP contribution in [0.25, 0.3) is 0 Å². The van der Waals surface area contributed by atoms with Gasteiger partial charge in [0.2, 0.25) is 0 Å². The topological polar surface area (TPSA) is 30.9 Å². The first kappa shape index (κ1) is 15.5. The summed E-state index contributed by atoms with van der Waals surface area (Å²) in [4.78, 5) is 0. The molecule has 3 aromatic carbocycles. The number of nitrogens with one attached hydrogen (secondary N) is 1. The van der Waals surface area contributed by atoms with E-state index in [-0.39, 0.29) is 0 Å². The number of hydrazine groups is 1. The van der Waals surface area contributed by atoms with Gasteiger partial charge in [-0.3, -0.25) is 10.4 Å². The lowest BCUT2D eigenvalue weighted by atomic mass is 10.2. The summed E-state index contributed by atoms with van der Waals surface area (Å²) in [5.74, 6) is 0.774. The fraction of sp³-hybridized carbons (Fsp3) is 0.0500. The van der Waals surface area contributed by atoms with Crippen LogP contribution in [0.3, 0.4) is 0 Å². The number of para-hydroxylation sites is 2. The Morgan fingerprint density at radius 1 is 0.760 bits per heavy atom. The van der Waals surface area contributed by atoms with Crippen molar-refractivity contribution in [2.24, 2.45) is 5.10 Å². The van der Waals surface area contributed by atoms with E-state index in [0.717, 1.165) is 22.8 Å². The number of hydrogen-bond donors (Lipinski definition) is 1. The summed E-state index contributed by atoms with van der Waals surface area (Å²) in [6, 6.07) is 28.0. The number of hydrogen-bond acceptors (Lipinski definition) is 4. The number of hydrazone groups is 1. The molecule has 4 nitrogen and oxygen atoms in total. The summed E-state index contributed by atoms with van der Waals surface area (Å²) in [5.41, 5.74) is 6.49. The molecule has 0 unspecified atom stereocenters. The molecule has 0 bridgehead atoms. The molecule has 0 radical (unpaired) electrons. The van der Waals surface area contributed by atoms with Crippen LogP contribution in [-0.4, -0.2) is 12.5 Å². The fourth-order valence-corrected chi connectivity index (χ4v) is 2.82. The summed E-state index contributed by atoms with van der Waals surface area (Å²) in [6.07, 6.45) is 0. The largest absolute Gasteiger partial charge is 0.278 e. The van der Waals surface area contributed by atoms with E-state index in [0.29, 0.717) is 11.7 Å². The molecule has 0 aliphatic carbocycles. The molecule has 0 fully saturated rings. The third-order valence-electron chi connectivity index (χ3n) is 3.98. The molecule has 3 aromatic rings. The predicted molar refractivity (Wildman–Crippen MR) is 104 cm³/mol. The van der Waals surface area contributed by atoms with Crippen molar-refractivity contribution in [3.8, 4) is 0 Å². The van der Waals surface area contributed by atoms with Crippen molar-refractivity contribution in [1.82, 2.24) is 5.43 Å². The van der Waals surface area contributed by atoms with Crippen LogP contribution in [0.5, 0.6) is 0 Å². The van der Waals surface area contributed by atoms with E-state index in [9.17, 15) is 0 Å². The van der Waals surface area contributed by atoms with Crippen LogP contribution in [0.2, 0.25) is 5.02 Å². The highest BCUT2D eigenvalue weighted by molar-refractivity contribution is 6.30. The van der Waals surface area contributed by atoms with Crippen molar-refractivity contribution in [2.45, 2.75) is 0 Å². The van der Waals surface area contributed by atoms with Gasteiger partial charge >= 0.3 is 0 Å². The summed E-state index contributed by atoms with van der Waals surface area (Å²) in [6.45, 7) is 0.602. The average molecular weight is 349 g/mol. The van der Waals surface area contributed by atoms with Crippen molar-refractivity contribution in [3.63, 3.8) is 0 Å². The Labute approximate surface area is 151 Å². The number of benzene rings is 3. The summed E-state index contributed by atoms with van der Waals surface area (Å²) in [7, 11) is 0. The lowest BCUT2D eigenvalue weighted by molar-refractivity contribution is 0.679. The maximum Gasteiger partial charge on any atom is 0.172 e. The SMILES string of the molecule is Clc1ccc(C2=NN(c3ccccc3)CN(c3ccccc3)N2)cc1. The molecule has 4 rings (SSSR count). The molecule has 0 aromatic heterocycles. The van der Waals surface area contributed by atoms with Gasteiger partial charge in [-0.2, -0.15) is 5.10 Å². The lowest BCUT2D eigenvalue weighted by Crippen LogP contribution is -2.53. The van der Waals surface area contributed by atoms with Gasteiger partial charge in [-0.1, -0.05) is 48.0 Å². The molecule has 0 amide bonds. The Balaban J connectivity index is 1.73. The van der Waals surface area contributed by atoms with E-state index in [1.807, 2.05) is 65.7 Å². The Morgan fingerprint density at radius 2 is 1.36 bits per heavy atom. The Hall–Kier alpha value is -2.98. The molecule has 1 heterocycles. The first-order valence-electron chi connectivity index (χ1n) is 8.06. The van der Waals surface area contributed by atoms with E-state index in [2.05, 4.69) is 34.7 Å². The standard InChI is InChI=1S/C20H17ClN4/c21-17-13-11-16(12-14-17)20-22-24(18-7-3-1-4-8-18)15-25(23-20)19-9-5-2-6-10-19/h1-14H,15H2,(H,22,23). The first-order chi connectivity index (χ1) is 12.3. The monoisotopic (exact) mass is 348 g/mol. The minimum atomic E-state index is 0.602. The van der Waals surface area contributed by atoms with Gasteiger partial charge in [0.1, 0.15) is 6.67 Å². The van der Waals surface area contributed by atoms with Crippen LogP contribution < -0.4 is 15.4 Å². The minimum Gasteiger partial charge on any atom is -0.278 e. The normalized spacial score (nSPS) is 14.0. The molecule has 1 N–H and O–H groups in total. The first-order valence-corrected chi connectivity index (χ1v) is 8.44. The summed E-state index contributed by atoms with van der Waals surface area (Å²) < 4.78 is 0. The molecular weight excluding hydrogens is 332 g/mol. The second kappa shape index (κ2) is 6.87. The van der Waals surface area contributed by atoms with Crippen molar-refractivity contribution in [2.75, 3.05) is 16.7 Å². The predicted octanol–water partition coefficient (Wildman–Crippen LogP) is 4.49. The lowest BCUT2D eigenvalue weighted by Gasteiger charge is -2.36. The van der Waals surface area contributed by atoms with Gasteiger partial charge in [-0.15, -0.1) is 0 Å². The van der Waals surface area contributed by atoms with Crippen LogP contribution in [-0.2, 0) is 0 Å². The fourth-order valence-electron chi connectivity index (χ4n) is 2.70. The maximum absolute atomic E-state index is 6.02. The molecule has 1 aliphatic heterocycles. The quantitative estimate of drug-likeness (QED) is 0.756. The summed E-state index contributed by atoms with van der Waals surface area (Å²) >= 11 is 6.02. The van der Waals surface area contributed by atoms with E-state index in [1.165, 1.54) is 0 Å². The number of halogens is 1. The van der Waals surface area contributed by atoms with Crippen molar-refractivity contribution >= 4 is 28.8 Å². The minimum absolute atomic E-state index is 0.602. The zero-order chi connectivity index (χ0) is 17.1. The molecule has 0 saturated heterocycles. The molecule has 0 saturated carbocycles. The maximum atomic E-state index is 6.02. The number of rotatable bonds is 3. The van der Waals surface area contributed by atoms with E-state index < -0.39 is 0 Å². The zero-order valence-electron chi connectivity index (χ0n) is 13.5.